The van der Waals surface area contributed by atoms with Gasteiger partial charge in [0.05, 0.1) is 16.8 Å². The number of ketones is 2. The monoisotopic (exact) mass is 467 g/mol. The van der Waals surface area contributed by atoms with Gasteiger partial charge in [-0.15, -0.1) is 0 Å². The summed E-state index contributed by atoms with van der Waals surface area (Å²) in [5.74, 6) is 1.41. The van der Waals surface area contributed by atoms with Crippen LogP contribution < -0.4 is 4.90 Å². The first-order valence-corrected chi connectivity index (χ1v) is 13.0. The van der Waals surface area contributed by atoms with Gasteiger partial charge >= 0.3 is 0 Å². The standard InChI is InChI=1S/C30H33N3O2/c1-32(2)18-19-9-11-33(12-10-19)29-26-16-23(21-5-6-22-14-25(34)15-24(22)13-21)7-8-28(26)31-17-27(29)30(35)20-3-4-20/h5-8,13,16-17,19-20H,3-4,9-12,14-15,18H2,1-2H3. The first kappa shape index (κ1) is 22.4. The van der Waals surface area contributed by atoms with Gasteiger partial charge in [-0.1, -0.05) is 24.3 Å². The molecule has 1 saturated carbocycles. The summed E-state index contributed by atoms with van der Waals surface area (Å²) in [5.41, 5.74) is 7.33. The zero-order valence-corrected chi connectivity index (χ0v) is 20.7. The average molecular weight is 468 g/mol. The lowest BCUT2D eigenvalue weighted by atomic mass is 9.93. The molecule has 2 heterocycles. The number of fused-ring (bicyclic) bond motifs is 2. The second-order valence-electron chi connectivity index (χ2n) is 11.0. The number of aromatic nitrogens is 1. The van der Waals surface area contributed by atoms with Crippen LogP contribution in [0.25, 0.3) is 22.0 Å². The number of pyridine rings is 1. The van der Waals surface area contributed by atoms with Crippen molar-refractivity contribution in [1.82, 2.24) is 9.88 Å². The topological polar surface area (TPSA) is 53.5 Å². The Morgan fingerprint density at radius 2 is 1.69 bits per heavy atom. The summed E-state index contributed by atoms with van der Waals surface area (Å²) in [6, 6.07) is 12.8. The molecule has 0 amide bonds. The SMILES string of the molecule is CN(C)CC1CCN(c2c(C(=O)C3CC3)cnc3ccc(-c4ccc5c(c4)CC(=O)C5)cc23)CC1. The maximum atomic E-state index is 13.3. The molecule has 0 N–H and O–H groups in total. The van der Waals surface area contributed by atoms with Gasteiger partial charge in [0, 0.05) is 50.0 Å². The quantitative estimate of drug-likeness (QED) is 0.481. The Labute approximate surface area is 207 Å². The van der Waals surface area contributed by atoms with Gasteiger partial charge in [-0.3, -0.25) is 14.6 Å². The lowest BCUT2D eigenvalue weighted by Gasteiger charge is -2.36. The molecule has 2 aliphatic carbocycles. The minimum atomic E-state index is 0.164. The van der Waals surface area contributed by atoms with Crippen molar-refractivity contribution in [3.05, 3.63) is 59.3 Å². The highest BCUT2D eigenvalue weighted by molar-refractivity contribution is 6.10. The summed E-state index contributed by atoms with van der Waals surface area (Å²) in [6.45, 7) is 3.05. The molecule has 1 saturated heterocycles. The molecule has 3 aromatic rings. The van der Waals surface area contributed by atoms with Crippen LogP contribution in [-0.4, -0.2) is 55.2 Å². The molecule has 0 bridgehead atoms. The van der Waals surface area contributed by atoms with Crippen LogP contribution >= 0.6 is 0 Å². The first-order valence-electron chi connectivity index (χ1n) is 13.0. The molecule has 3 aliphatic rings. The normalized spacial score (nSPS) is 18.5. The highest BCUT2D eigenvalue weighted by Crippen LogP contribution is 2.40. The molecule has 180 valence electrons. The third-order valence-electron chi connectivity index (χ3n) is 7.92. The molecule has 6 rings (SSSR count). The van der Waals surface area contributed by atoms with Crippen molar-refractivity contribution < 1.29 is 9.59 Å². The zero-order chi connectivity index (χ0) is 24.1. The fraction of sp³-hybridized carbons (Fsp3) is 0.433. The van der Waals surface area contributed by atoms with Crippen LogP contribution in [0, 0.1) is 11.8 Å². The van der Waals surface area contributed by atoms with Crippen molar-refractivity contribution in [2.45, 2.75) is 38.5 Å². The Balaban J connectivity index is 1.41. The van der Waals surface area contributed by atoms with E-state index in [0.717, 1.165) is 89.7 Å². The van der Waals surface area contributed by atoms with E-state index in [1.165, 1.54) is 0 Å². The van der Waals surface area contributed by atoms with Crippen LogP contribution in [0.15, 0.2) is 42.6 Å². The number of Topliss-reactive ketones (excluding diaryl/α,β-unsaturated/α-hetero) is 2. The third kappa shape index (κ3) is 4.38. The van der Waals surface area contributed by atoms with Crippen LogP contribution in [0.1, 0.15) is 47.2 Å². The van der Waals surface area contributed by atoms with Crippen LogP contribution in [0.3, 0.4) is 0 Å². The lowest BCUT2D eigenvalue weighted by molar-refractivity contribution is -0.117. The molecule has 5 heteroatoms. The summed E-state index contributed by atoms with van der Waals surface area (Å²) in [5, 5.41) is 1.07. The molecule has 5 nitrogen and oxygen atoms in total. The Morgan fingerprint density at radius 1 is 0.971 bits per heavy atom. The van der Waals surface area contributed by atoms with E-state index in [1.54, 1.807) is 0 Å². The minimum Gasteiger partial charge on any atom is -0.370 e. The number of carbonyl (C=O) groups excluding carboxylic acids is 2. The van der Waals surface area contributed by atoms with Crippen molar-refractivity contribution in [3.8, 4) is 11.1 Å². The molecule has 2 fully saturated rings. The molecule has 0 unspecified atom stereocenters. The summed E-state index contributed by atoms with van der Waals surface area (Å²) in [6.07, 6.45) is 7.17. The third-order valence-corrected chi connectivity index (χ3v) is 7.92. The van der Waals surface area contributed by atoms with Gasteiger partial charge < -0.3 is 9.80 Å². The number of anilines is 1. The maximum Gasteiger partial charge on any atom is 0.169 e. The van der Waals surface area contributed by atoms with E-state index in [0.29, 0.717) is 24.5 Å². The van der Waals surface area contributed by atoms with E-state index in [4.69, 9.17) is 4.98 Å². The molecule has 1 aliphatic heterocycles. The number of benzene rings is 2. The van der Waals surface area contributed by atoms with Crippen molar-refractivity contribution in [2.75, 3.05) is 38.6 Å². The number of nitrogens with zero attached hydrogens (tertiary/aromatic N) is 3. The van der Waals surface area contributed by atoms with Gasteiger partial charge in [0.15, 0.2) is 5.78 Å². The van der Waals surface area contributed by atoms with E-state index >= 15 is 0 Å². The second-order valence-corrected chi connectivity index (χ2v) is 11.0. The summed E-state index contributed by atoms with van der Waals surface area (Å²) in [4.78, 5) is 34.7. The number of rotatable bonds is 6. The number of hydrogen-bond acceptors (Lipinski definition) is 5. The van der Waals surface area contributed by atoms with Crippen LogP contribution in [0.5, 0.6) is 0 Å². The van der Waals surface area contributed by atoms with Gasteiger partial charge in [-0.25, -0.2) is 0 Å². The lowest BCUT2D eigenvalue weighted by Crippen LogP contribution is -2.38. The number of piperidine rings is 1. The van der Waals surface area contributed by atoms with E-state index < -0.39 is 0 Å². The van der Waals surface area contributed by atoms with Gasteiger partial charge in [0.1, 0.15) is 5.78 Å². The van der Waals surface area contributed by atoms with E-state index in [2.05, 4.69) is 60.3 Å². The van der Waals surface area contributed by atoms with Crippen molar-refractivity contribution in [1.29, 1.82) is 0 Å². The first-order chi connectivity index (χ1) is 17.0. The van der Waals surface area contributed by atoms with Crippen molar-refractivity contribution in [3.63, 3.8) is 0 Å². The Kier molecular flexibility index (Phi) is 5.68. The molecule has 1 aromatic heterocycles. The van der Waals surface area contributed by atoms with Gasteiger partial charge in [-0.05, 0) is 80.1 Å². The molecular formula is C30H33N3O2. The average Bonchev–Trinajstić information content (AvgIpc) is 3.63. The predicted octanol–water partition coefficient (Wildman–Crippen LogP) is 4.94. The highest BCUT2D eigenvalue weighted by atomic mass is 16.1. The van der Waals surface area contributed by atoms with Gasteiger partial charge in [0.2, 0.25) is 0 Å². The van der Waals surface area contributed by atoms with Gasteiger partial charge in [-0.2, -0.15) is 0 Å². The van der Waals surface area contributed by atoms with Crippen LogP contribution in [-0.2, 0) is 17.6 Å². The fourth-order valence-corrected chi connectivity index (χ4v) is 5.93. The predicted molar refractivity (Wildman–Crippen MR) is 140 cm³/mol. The molecule has 0 radical (unpaired) electrons. The molecular weight excluding hydrogens is 434 g/mol. The number of hydrogen-bond donors (Lipinski definition) is 0. The Bertz CT molecular complexity index is 1320. The summed E-state index contributed by atoms with van der Waals surface area (Å²) >= 11 is 0. The largest absolute Gasteiger partial charge is 0.370 e. The second kappa shape index (κ2) is 8.87. The van der Waals surface area contributed by atoms with Gasteiger partial charge in [0.25, 0.3) is 0 Å². The number of carbonyl (C=O) groups is 2. The van der Waals surface area contributed by atoms with Crippen molar-refractivity contribution >= 4 is 28.2 Å². The van der Waals surface area contributed by atoms with E-state index in [9.17, 15) is 9.59 Å². The van der Waals surface area contributed by atoms with Crippen molar-refractivity contribution in [2.24, 2.45) is 11.8 Å². The van der Waals surface area contributed by atoms with Crippen LogP contribution in [0.2, 0.25) is 0 Å². The Hall–Kier alpha value is -3.05. The van der Waals surface area contributed by atoms with E-state index in [-0.39, 0.29) is 11.7 Å². The smallest absolute Gasteiger partial charge is 0.169 e. The van der Waals surface area contributed by atoms with Crippen LogP contribution in [0.4, 0.5) is 5.69 Å². The molecule has 35 heavy (non-hydrogen) atoms. The van der Waals surface area contributed by atoms with E-state index in [1.807, 2.05) is 6.20 Å². The maximum absolute atomic E-state index is 13.3. The zero-order valence-electron chi connectivity index (χ0n) is 20.7. The molecule has 2 aromatic carbocycles. The summed E-state index contributed by atoms with van der Waals surface area (Å²) < 4.78 is 0. The molecule has 0 atom stereocenters. The minimum absolute atomic E-state index is 0.164. The molecule has 0 spiro atoms. The summed E-state index contributed by atoms with van der Waals surface area (Å²) in [7, 11) is 4.29. The Morgan fingerprint density at radius 3 is 2.43 bits per heavy atom. The fourth-order valence-electron chi connectivity index (χ4n) is 5.93. The highest BCUT2D eigenvalue weighted by Gasteiger charge is 2.34.